The van der Waals surface area contributed by atoms with E-state index in [2.05, 4.69) is 20.7 Å². The number of alkyl carbamates (subject to hydrolysis) is 1. The van der Waals surface area contributed by atoms with Crippen molar-refractivity contribution in [2.45, 2.75) is 33.2 Å². The molecule has 154 valence electrons. The zero-order valence-electron chi connectivity index (χ0n) is 16.5. The summed E-state index contributed by atoms with van der Waals surface area (Å²) in [5.74, 6) is -1.35. The number of hydrogen-bond donors (Lipinski definition) is 3. The van der Waals surface area contributed by atoms with Crippen LogP contribution in [0.5, 0.6) is 0 Å². The van der Waals surface area contributed by atoms with Crippen LogP contribution in [0.2, 0.25) is 0 Å². The SMILES string of the molecule is CCOC(=O)NC(C(=O)Nc1ccc(CC(=O)NCC(=O)OC)cc1)C(C)C. The number of carbonyl (C=O) groups is 4. The predicted molar refractivity (Wildman–Crippen MR) is 103 cm³/mol. The summed E-state index contributed by atoms with van der Waals surface area (Å²) in [6.07, 6.45) is -0.561. The van der Waals surface area contributed by atoms with Gasteiger partial charge in [-0.2, -0.15) is 0 Å². The van der Waals surface area contributed by atoms with Crippen LogP contribution in [0, 0.1) is 5.92 Å². The van der Waals surface area contributed by atoms with Crippen LogP contribution in [0.4, 0.5) is 10.5 Å². The molecule has 0 heterocycles. The fourth-order valence-corrected chi connectivity index (χ4v) is 2.25. The molecule has 1 rings (SSSR count). The molecule has 1 aromatic rings. The molecule has 0 spiro atoms. The summed E-state index contributed by atoms with van der Waals surface area (Å²) in [6, 6.07) is 5.95. The van der Waals surface area contributed by atoms with Crippen LogP contribution in [-0.4, -0.2) is 50.2 Å². The Hall–Kier alpha value is -3.10. The van der Waals surface area contributed by atoms with E-state index in [1.807, 2.05) is 13.8 Å². The molecule has 0 saturated carbocycles. The molecule has 1 aromatic carbocycles. The zero-order valence-corrected chi connectivity index (χ0v) is 16.5. The lowest BCUT2D eigenvalue weighted by atomic mass is 10.0. The highest BCUT2D eigenvalue weighted by atomic mass is 16.5. The molecule has 9 heteroatoms. The molecule has 0 radical (unpaired) electrons. The van der Waals surface area contributed by atoms with Crippen molar-refractivity contribution in [1.82, 2.24) is 10.6 Å². The monoisotopic (exact) mass is 393 g/mol. The summed E-state index contributed by atoms with van der Waals surface area (Å²) in [5, 5.41) is 7.72. The van der Waals surface area contributed by atoms with E-state index in [9.17, 15) is 19.2 Å². The van der Waals surface area contributed by atoms with Crippen molar-refractivity contribution in [2.24, 2.45) is 5.92 Å². The molecule has 1 atom stereocenters. The first-order chi connectivity index (χ1) is 13.3. The number of nitrogens with one attached hydrogen (secondary N) is 3. The number of hydrogen-bond acceptors (Lipinski definition) is 6. The van der Waals surface area contributed by atoms with Gasteiger partial charge in [0.15, 0.2) is 0 Å². The Morgan fingerprint density at radius 2 is 1.71 bits per heavy atom. The van der Waals surface area contributed by atoms with Crippen molar-refractivity contribution >= 4 is 29.6 Å². The van der Waals surface area contributed by atoms with Crippen molar-refractivity contribution in [3.63, 3.8) is 0 Å². The van der Waals surface area contributed by atoms with E-state index in [1.54, 1.807) is 31.2 Å². The predicted octanol–water partition coefficient (Wildman–Crippen LogP) is 1.23. The van der Waals surface area contributed by atoms with Gasteiger partial charge in [0, 0.05) is 5.69 Å². The smallest absolute Gasteiger partial charge is 0.407 e. The average Bonchev–Trinajstić information content (AvgIpc) is 2.65. The van der Waals surface area contributed by atoms with E-state index >= 15 is 0 Å². The summed E-state index contributed by atoms with van der Waals surface area (Å²) >= 11 is 0. The first-order valence-electron chi connectivity index (χ1n) is 8.93. The minimum absolute atomic E-state index is 0.0876. The standard InChI is InChI=1S/C19H27N3O6/c1-5-28-19(26)22-17(12(2)3)18(25)21-14-8-6-13(7-9-14)10-15(23)20-11-16(24)27-4/h6-9,12,17H,5,10-11H2,1-4H3,(H,20,23)(H,21,25)(H,22,26). The number of rotatable bonds is 9. The van der Waals surface area contributed by atoms with Crippen LogP contribution in [0.25, 0.3) is 0 Å². The fourth-order valence-electron chi connectivity index (χ4n) is 2.25. The van der Waals surface area contributed by atoms with Gasteiger partial charge in [-0.25, -0.2) is 4.79 Å². The van der Waals surface area contributed by atoms with Crippen molar-refractivity contribution in [1.29, 1.82) is 0 Å². The molecule has 0 fully saturated rings. The molecule has 9 nitrogen and oxygen atoms in total. The molecule has 0 aliphatic rings. The van der Waals surface area contributed by atoms with Gasteiger partial charge in [0.2, 0.25) is 11.8 Å². The summed E-state index contributed by atoms with van der Waals surface area (Å²) in [7, 11) is 1.24. The van der Waals surface area contributed by atoms with E-state index in [-0.39, 0.29) is 37.3 Å². The van der Waals surface area contributed by atoms with Crippen molar-refractivity contribution in [2.75, 3.05) is 25.6 Å². The van der Waals surface area contributed by atoms with Gasteiger partial charge in [0.05, 0.1) is 20.1 Å². The number of methoxy groups -OCH3 is 1. The third-order valence-corrected chi connectivity index (χ3v) is 3.74. The van der Waals surface area contributed by atoms with Gasteiger partial charge in [-0.15, -0.1) is 0 Å². The Kier molecular flexibility index (Phi) is 9.49. The Morgan fingerprint density at radius 3 is 2.25 bits per heavy atom. The molecule has 3 amide bonds. The maximum absolute atomic E-state index is 12.4. The van der Waals surface area contributed by atoms with Crippen LogP contribution >= 0.6 is 0 Å². The van der Waals surface area contributed by atoms with Gasteiger partial charge in [-0.3, -0.25) is 14.4 Å². The second-order valence-electron chi connectivity index (χ2n) is 6.30. The van der Waals surface area contributed by atoms with E-state index < -0.39 is 18.1 Å². The number of esters is 1. The Morgan fingerprint density at radius 1 is 1.07 bits per heavy atom. The highest BCUT2D eigenvalue weighted by Gasteiger charge is 2.24. The largest absolute Gasteiger partial charge is 0.468 e. The number of ether oxygens (including phenoxy) is 2. The zero-order chi connectivity index (χ0) is 21.1. The average molecular weight is 393 g/mol. The van der Waals surface area contributed by atoms with Gasteiger partial charge in [-0.05, 0) is 30.5 Å². The summed E-state index contributed by atoms with van der Waals surface area (Å²) in [5.41, 5.74) is 1.24. The van der Waals surface area contributed by atoms with E-state index in [0.29, 0.717) is 11.3 Å². The third-order valence-electron chi connectivity index (χ3n) is 3.74. The summed E-state index contributed by atoms with van der Waals surface area (Å²) < 4.78 is 9.27. The van der Waals surface area contributed by atoms with Crippen LogP contribution in [0.3, 0.4) is 0 Å². The minimum Gasteiger partial charge on any atom is -0.468 e. The minimum atomic E-state index is -0.747. The van der Waals surface area contributed by atoms with Gasteiger partial charge < -0.3 is 25.4 Å². The van der Waals surface area contributed by atoms with Crippen molar-refractivity contribution < 1.29 is 28.7 Å². The topological polar surface area (TPSA) is 123 Å². The van der Waals surface area contributed by atoms with E-state index in [4.69, 9.17) is 4.74 Å². The first kappa shape index (κ1) is 22.9. The normalized spacial score (nSPS) is 11.3. The Labute approximate surface area is 164 Å². The highest BCUT2D eigenvalue weighted by Crippen LogP contribution is 2.12. The molecule has 0 bridgehead atoms. The molecule has 0 aliphatic carbocycles. The Balaban J connectivity index is 2.62. The van der Waals surface area contributed by atoms with E-state index in [0.717, 1.165) is 0 Å². The lowest BCUT2D eigenvalue weighted by Gasteiger charge is -2.21. The van der Waals surface area contributed by atoms with E-state index in [1.165, 1.54) is 7.11 Å². The fraction of sp³-hybridized carbons (Fsp3) is 0.474. The second-order valence-corrected chi connectivity index (χ2v) is 6.30. The quantitative estimate of drug-likeness (QED) is 0.542. The maximum atomic E-state index is 12.4. The lowest BCUT2D eigenvalue weighted by Crippen LogP contribution is -2.47. The Bertz CT molecular complexity index is 687. The highest BCUT2D eigenvalue weighted by molar-refractivity contribution is 5.96. The third kappa shape index (κ3) is 8.07. The summed E-state index contributed by atoms with van der Waals surface area (Å²) in [4.78, 5) is 46.8. The summed E-state index contributed by atoms with van der Waals surface area (Å²) in [6.45, 7) is 5.33. The van der Waals surface area contributed by atoms with Crippen molar-refractivity contribution in [3.8, 4) is 0 Å². The molecule has 1 unspecified atom stereocenters. The maximum Gasteiger partial charge on any atom is 0.407 e. The van der Waals surface area contributed by atoms with Crippen LogP contribution in [0.15, 0.2) is 24.3 Å². The molecule has 28 heavy (non-hydrogen) atoms. The number of anilines is 1. The second kappa shape index (κ2) is 11.6. The van der Waals surface area contributed by atoms with Crippen LogP contribution in [-0.2, 0) is 30.3 Å². The number of carbonyl (C=O) groups excluding carboxylic acids is 4. The number of benzene rings is 1. The van der Waals surface area contributed by atoms with Crippen LogP contribution in [0.1, 0.15) is 26.3 Å². The van der Waals surface area contributed by atoms with Gasteiger partial charge in [0.25, 0.3) is 0 Å². The van der Waals surface area contributed by atoms with Crippen molar-refractivity contribution in [3.05, 3.63) is 29.8 Å². The van der Waals surface area contributed by atoms with Crippen LogP contribution < -0.4 is 16.0 Å². The molecule has 3 N–H and O–H groups in total. The number of amides is 3. The van der Waals surface area contributed by atoms with Gasteiger partial charge in [0.1, 0.15) is 12.6 Å². The van der Waals surface area contributed by atoms with Gasteiger partial charge >= 0.3 is 12.1 Å². The van der Waals surface area contributed by atoms with Gasteiger partial charge in [-0.1, -0.05) is 26.0 Å². The lowest BCUT2D eigenvalue weighted by molar-refractivity contribution is -0.141. The molecule has 0 aromatic heterocycles. The first-order valence-corrected chi connectivity index (χ1v) is 8.93. The molecule has 0 saturated heterocycles. The molecular formula is C19H27N3O6. The molecular weight excluding hydrogens is 366 g/mol. The molecule has 0 aliphatic heterocycles.